The Hall–Kier alpha value is -1.91. The van der Waals surface area contributed by atoms with Gasteiger partial charge in [0.05, 0.1) is 0 Å². The first kappa shape index (κ1) is 12.8. The lowest BCUT2D eigenvalue weighted by Crippen LogP contribution is -2.17. The van der Waals surface area contributed by atoms with E-state index >= 15 is 0 Å². The zero-order valence-corrected chi connectivity index (χ0v) is 12.4. The van der Waals surface area contributed by atoms with Crippen LogP contribution in [-0.4, -0.2) is 20.2 Å². The monoisotopic (exact) mass is 283 g/mol. The van der Waals surface area contributed by atoms with Crippen molar-refractivity contribution in [1.82, 2.24) is 20.2 Å². The molecule has 110 valence electrons. The standard InChI is InChI=1S/C16H21N5/c1-10-3-2-4-14(17)15(10)16-18-19-20-21(16)9-13(11-5-6-11)12-7-8-12/h2-4,11-13H,5-9,17H2,1H3. The van der Waals surface area contributed by atoms with Gasteiger partial charge in [-0.25, -0.2) is 4.68 Å². The van der Waals surface area contributed by atoms with Crippen molar-refractivity contribution in [2.45, 2.75) is 39.2 Å². The summed E-state index contributed by atoms with van der Waals surface area (Å²) in [5.41, 5.74) is 9.00. The van der Waals surface area contributed by atoms with Crippen molar-refractivity contribution < 1.29 is 0 Å². The van der Waals surface area contributed by atoms with Crippen molar-refractivity contribution in [3.8, 4) is 11.4 Å². The zero-order chi connectivity index (χ0) is 14.4. The largest absolute Gasteiger partial charge is 0.398 e. The Bertz CT molecular complexity index is 622. The highest BCUT2D eigenvalue weighted by atomic mass is 15.5. The fraction of sp³-hybridized carbons (Fsp3) is 0.562. The highest BCUT2D eigenvalue weighted by Gasteiger charge is 2.42. The van der Waals surface area contributed by atoms with Crippen LogP contribution in [0.25, 0.3) is 11.4 Å². The van der Waals surface area contributed by atoms with Crippen LogP contribution in [0.1, 0.15) is 31.2 Å². The molecule has 2 N–H and O–H groups in total. The van der Waals surface area contributed by atoms with Crippen LogP contribution in [-0.2, 0) is 6.54 Å². The Morgan fingerprint density at radius 1 is 1.24 bits per heavy atom. The van der Waals surface area contributed by atoms with E-state index in [9.17, 15) is 0 Å². The molecule has 0 aliphatic heterocycles. The first-order valence-corrected chi connectivity index (χ1v) is 7.85. The van der Waals surface area contributed by atoms with E-state index in [1.54, 1.807) is 0 Å². The lowest BCUT2D eigenvalue weighted by atomic mass is 9.97. The quantitative estimate of drug-likeness (QED) is 0.856. The van der Waals surface area contributed by atoms with Crippen LogP contribution >= 0.6 is 0 Å². The minimum atomic E-state index is 0.748. The summed E-state index contributed by atoms with van der Waals surface area (Å²) in [6.07, 6.45) is 5.52. The van der Waals surface area contributed by atoms with Gasteiger partial charge in [0.15, 0.2) is 5.82 Å². The molecule has 2 fully saturated rings. The molecular weight excluding hydrogens is 262 g/mol. The van der Waals surface area contributed by atoms with Gasteiger partial charge in [-0.1, -0.05) is 12.1 Å². The molecule has 0 atom stereocenters. The average Bonchev–Trinajstić information content (AvgIpc) is 3.37. The molecule has 0 bridgehead atoms. The second-order valence-electron chi connectivity index (χ2n) is 6.56. The van der Waals surface area contributed by atoms with Gasteiger partial charge in [0.25, 0.3) is 0 Å². The molecule has 5 heteroatoms. The molecule has 0 saturated heterocycles. The van der Waals surface area contributed by atoms with Gasteiger partial charge in [-0.15, -0.1) is 5.10 Å². The second kappa shape index (κ2) is 4.83. The molecule has 1 aromatic heterocycles. The summed E-state index contributed by atoms with van der Waals surface area (Å²) >= 11 is 0. The van der Waals surface area contributed by atoms with E-state index in [0.717, 1.165) is 46.9 Å². The minimum absolute atomic E-state index is 0.748. The molecular formula is C16H21N5. The number of hydrogen-bond acceptors (Lipinski definition) is 4. The van der Waals surface area contributed by atoms with Crippen LogP contribution in [0.15, 0.2) is 18.2 Å². The molecule has 2 aliphatic rings. The summed E-state index contributed by atoms with van der Waals surface area (Å²) in [6, 6.07) is 5.95. The van der Waals surface area contributed by atoms with Gasteiger partial charge >= 0.3 is 0 Å². The fourth-order valence-corrected chi connectivity index (χ4v) is 3.43. The van der Waals surface area contributed by atoms with Crippen LogP contribution in [0.4, 0.5) is 5.69 Å². The third-order valence-electron chi connectivity index (χ3n) is 4.90. The molecule has 2 aliphatic carbocycles. The van der Waals surface area contributed by atoms with Crippen molar-refractivity contribution in [3.05, 3.63) is 23.8 Å². The number of nitrogen functional groups attached to an aromatic ring is 1. The average molecular weight is 283 g/mol. The molecule has 2 aromatic rings. The number of tetrazole rings is 1. The molecule has 1 aromatic carbocycles. The maximum absolute atomic E-state index is 6.15. The summed E-state index contributed by atoms with van der Waals surface area (Å²) in [5.74, 6) is 3.35. The molecule has 4 rings (SSSR count). The van der Waals surface area contributed by atoms with Crippen molar-refractivity contribution >= 4 is 5.69 Å². The van der Waals surface area contributed by atoms with E-state index in [1.807, 2.05) is 16.8 Å². The fourth-order valence-electron chi connectivity index (χ4n) is 3.43. The van der Waals surface area contributed by atoms with E-state index < -0.39 is 0 Å². The Morgan fingerprint density at radius 2 is 1.95 bits per heavy atom. The topological polar surface area (TPSA) is 69.6 Å². The number of anilines is 1. The number of nitrogens with two attached hydrogens (primary N) is 1. The highest BCUT2D eigenvalue weighted by molar-refractivity contribution is 5.74. The Balaban J connectivity index is 1.67. The predicted molar refractivity (Wildman–Crippen MR) is 81.3 cm³/mol. The number of aromatic nitrogens is 4. The maximum Gasteiger partial charge on any atom is 0.184 e. The minimum Gasteiger partial charge on any atom is -0.398 e. The summed E-state index contributed by atoms with van der Waals surface area (Å²) in [6.45, 7) is 3.00. The van der Waals surface area contributed by atoms with Crippen molar-refractivity contribution in [3.63, 3.8) is 0 Å². The van der Waals surface area contributed by atoms with Crippen LogP contribution in [0.2, 0.25) is 0 Å². The van der Waals surface area contributed by atoms with Crippen molar-refractivity contribution in [1.29, 1.82) is 0 Å². The van der Waals surface area contributed by atoms with E-state index in [0.29, 0.717) is 0 Å². The van der Waals surface area contributed by atoms with Crippen LogP contribution in [0.3, 0.4) is 0 Å². The van der Waals surface area contributed by atoms with Gasteiger partial charge in [0.1, 0.15) is 0 Å². The highest BCUT2D eigenvalue weighted by Crippen LogP contribution is 2.50. The maximum atomic E-state index is 6.15. The van der Waals surface area contributed by atoms with Gasteiger partial charge in [-0.05, 0) is 72.4 Å². The summed E-state index contributed by atoms with van der Waals surface area (Å²) in [5, 5.41) is 12.4. The molecule has 0 spiro atoms. The van der Waals surface area contributed by atoms with Gasteiger partial charge in [0, 0.05) is 17.8 Å². The molecule has 1 heterocycles. The van der Waals surface area contributed by atoms with Gasteiger partial charge < -0.3 is 5.73 Å². The van der Waals surface area contributed by atoms with Crippen molar-refractivity contribution in [2.75, 3.05) is 5.73 Å². The smallest absolute Gasteiger partial charge is 0.184 e. The molecule has 0 unspecified atom stereocenters. The van der Waals surface area contributed by atoms with E-state index in [1.165, 1.54) is 25.7 Å². The van der Waals surface area contributed by atoms with E-state index in [-0.39, 0.29) is 0 Å². The molecule has 21 heavy (non-hydrogen) atoms. The Kier molecular flexibility index (Phi) is 2.94. The normalized spacial score (nSPS) is 18.4. The Labute approximate surface area is 124 Å². The lowest BCUT2D eigenvalue weighted by molar-refractivity contribution is 0.331. The lowest BCUT2D eigenvalue weighted by Gasteiger charge is -2.16. The number of benzene rings is 1. The SMILES string of the molecule is Cc1cccc(N)c1-c1nnnn1CC(C1CC1)C1CC1. The van der Waals surface area contributed by atoms with E-state index in [2.05, 4.69) is 28.5 Å². The van der Waals surface area contributed by atoms with Gasteiger partial charge in [-0.2, -0.15) is 0 Å². The zero-order valence-electron chi connectivity index (χ0n) is 12.4. The van der Waals surface area contributed by atoms with Crippen LogP contribution in [0.5, 0.6) is 0 Å². The van der Waals surface area contributed by atoms with Gasteiger partial charge in [0.2, 0.25) is 0 Å². The molecule has 2 saturated carbocycles. The number of aryl methyl sites for hydroxylation is 1. The number of hydrogen-bond donors (Lipinski definition) is 1. The third-order valence-corrected chi connectivity index (χ3v) is 4.90. The first-order chi connectivity index (χ1) is 10.2. The summed E-state index contributed by atoms with van der Waals surface area (Å²) in [7, 11) is 0. The summed E-state index contributed by atoms with van der Waals surface area (Å²) < 4.78 is 1.97. The predicted octanol–water partition coefficient (Wildman–Crippen LogP) is 2.67. The van der Waals surface area contributed by atoms with Crippen LogP contribution in [0, 0.1) is 24.7 Å². The molecule has 0 radical (unpaired) electrons. The Morgan fingerprint density at radius 3 is 2.57 bits per heavy atom. The van der Waals surface area contributed by atoms with Crippen LogP contribution < -0.4 is 5.73 Å². The number of nitrogens with zero attached hydrogens (tertiary/aromatic N) is 4. The van der Waals surface area contributed by atoms with Gasteiger partial charge in [-0.3, -0.25) is 0 Å². The first-order valence-electron chi connectivity index (χ1n) is 7.85. The molecule has 0 amide bonds. The third kappa shape index (κ3) is 2.41. The number of rotatable bonds is 5. The van der Waals surface area contributed by atoms with E-state index in [4.69, 9.17) is 5.73 Å². The second-order valence-corrected chi connectivity index (χ2v) is 6.56. The molecule has 5 nitrogen and oxygen atoms in total. The van der Waals surface area contributed by atoms with Crippen molar-refractivity contribution in [2.24, 2.45) is 17.8 Å². The summed E-state index contributed by atoms with van der Waals surface area (Å²) in [4.78, 5) is 0.